The van der Waals surface area contributed by atoms with Gasteiger partial charge < -0.3 is 14.2 Å². The molecule has 1 atom stereocenters. The fourth-order valence-corrected chi connectivity index (χ4v) is 4.49. The highest BCUT2D eigenvalue weighted by molar-refractivity contribution is 7.89. The zero-order valence-corrected chi connectivity index (χ0v) is 15.3. The molecule has 140 valence electrons. The zero-order valence-electron chi connectivity index (χ0n) is 14.5. The van der Waals surface area contributed by atoms with Gasteiger partial charge >= 0.3 is 0 Å². The van der Waals surface area contributed by atoms with Crippen LogP contribution < -0.4 is 9.47 Å². The van der Waals surface area contributed by atoms with Crippen molar-refractivity contribution in [2.45, 2.75) is 11.0 Å². The van der Waals surface area contributed by atoms with E-state index in [1.807, 2.05) is 0 Å². The van der Waals surface area contributed by atoms with Gasteiger partial charge in [0.15, 0.2) is 0 Å². The summed E-state index contributed by atoms with van der Waals surface area (Å²) in [7, 11) is -1.00. The number of methoxy groups -OCH3 is 2. The van der Waals surface area contributed by atoms with E-state index >= 15 is 0 Å². The number of nitrogens with zero attached hydrogens (tertiary/aromatic N) is 1. The first kappa shape index (κ1) is 18.6. The molecule has 26 heavy (non-hydrogen) atoms. The van der Waals surface area contributed by atoms with Crippen LogP contribution in [0.25, 0.3) is 0 Å². The van der Waals surface area contributed by atoms with Gasteiger partial charge in [0.1, 0.15) is 22.2 Å². The Balaban J connectivity index is 1.94. The van der Waals surface area contributed by atoms with E-state index in [-0.39, 0.29) is 30.3 Å². The van der Waals surface area contributed by atoms with Crippen molar-refractivity contribution in [3.63, 3.8) is 0 Å². The van der Waals surface area contributed by atoms with Crippen molar-refractivity contribution in [2.75, 3.05) is 33.9 Å². The molecule has 0 aromatic heterocycles. The van der Waals surface area contributed by atoms with Gasteiger partial charge in [0.25, 0.3) is 0 Å². The third-order valence-electron chi connectivity index (χ3n) is 4.27. The summed E-state index contributed by atoms with van der Waals surface area (Å²) < 4.78 is 57.5. The lowest BCUT2D eigenvalue weighted by Gasteiger charge is -2.32. The van der Waals surface area contributed by atoms with E-state index in [0.29, 0.717) is 11.3 Å². The second kappa shape index (κ2) is 7.61. The van der Waals surface area contributed by atoms with E-state index < -0.39 is 21.9 Å². The number of morpholine rings is 1. The molecule has 0 aliphatic carbocycles. The van der Waals surface area contributed by atoms with Gasteiger partial charge in [-0.05, 0) is 18.2 Å². The van der Waals surface area contributed by atoms with Crippen LogP contribution in [0.2, 0.25) is 0 Å². The van der Waals surface area contributed by atoms with Crippen molar-refractivity contribution >= 4 is 10.0 Å². The topological polar surface area (TPSA) is 65.1 Å². The number of halogens is 1. The Kier molecular flexibility index (Phi) is 5.45. The highest BCUT2D eigenvalue weighted by atomic mass is 32.2. The molecule has 1 heterocycles. The molecule has 1 fully saturated rings. The number of ether oxygens (including phenoxy) is 3. The van der Waals surface area contributed by atoms with E-state index in [2.05, 4.69) is 0 Å². The second-order valence-corrected chi connectivity index (χ2v) is 7.67. The molecule has 2 aromatic rings. The molecule has 6 nitrogen and oxygen atoms in total. The summed E-state index contributed by atoms with van der Waals surface area (Å²) in [6.45, 7) is 0.363. The molecule has 1 aliphatic heterocycles. The summed E-state index contributed by atoms with van der Waals surface area (Å²) in [5, 5.41) is 0. The van der Waals surface area contributed by atoms with Gasteiger partial charge in [0, 0.05) is 24.7 Å². The summed E-state index contributed by atoms with van der Waals surface area (Å²) in [6.07, 6.45) is -0.670. The van der Waals surface area contributed by atoms with Crippen LogP contribution in [0.15, 0.2) is 47.4 Å². The number of hydrogen-bond acceptors (Lipinski definition) is 5. The molecule has 0 spiro atoms. The molecule has 0 bridgehead atoms. The quantitative estimate of drug-likeness (QED) is 0.797. The van der Waals surface area contributed by atoms with E-state index in [0.717, 1.165) is 0 Å². The summed E-state index contributed by atoms with van der Waals surface area (Å²) in [5.41, 5.74) is 0.338. The van der Waals surface area contributed by atoms with E-state index in [1.54, 1.807) is 30.3 Å². The Bertz CT molecular complexity index is 887. The maximum Gasteiger partial charge on any atom is 0.247 e. The average Bonchev–Trinajstić information content (AvgIpc) is 2.68. The minimum absolute atomic E-state index is 0.00790. The molecule has 0 radical (unpaired) electrons. The molecule has 2 aromatic carbocycles. The molecule has 1 saturated heterocycles. The normalized spacial score (nSPS) is 18.5. The standard InChI is InChI=1S/C18H20FNO5S/c1-23-13-7-8-16(24-2)18(11-13)26(21,22)20-9-10-25-17(12-20)14-5-3-4-6-15(14)19/h3-8,11,17H,9-10,12H2,1-2H3. The molecule has 1 aliphatic rings. The molecule has 1 unspecified atom stereocenters. The third-order valence-corrected chi connectivity index (χ3v) is 6.16. The lowest BCUT2D eigenvalue weighted by molar-refractivity contribution is -0.00446. The molecule has 8 heteroatoms. The first-order chi connectivity index (χ1) is 12.5. The largest absolute Gasteiger partial charge is 0.497 e. The van der Waals surface area contributed by atoms with Crippen LogP contribution in [0.4, 0.5) is 4.39 Å². The molecule has 0 N–H and O–H groups in total. The summed E-state index contributed by atoms with van der Waals surface area (Å²) in [6, 6.07) is 10.8. The summed E-state index contributed by atoms with van der Waals surface area (Å²) in [4.78, 5) is 0.00790. The third kappa shape index (κ3) is 3.53. The Labute approximate surface area is 152 Å². The van der Waals surface area contributed by atoms with Crippen LogP contribution in [0.1, 0.15) is 11.7 Å². The van der Waals surface area contributed by atoms with Crippen LogP contribution >= 0.6 is 0 Å². The van der Waals surface area contributed by atoms with Gasteiger partial charge in [-0.1, -0.05) is 18.2 Å². The SMILES string of the molecule is COc1ccc(OC)c(S(=O)(=O)N2CCOC(c3ccccc3F)C2)c1. The van der Waals surface area contributed by atoms with Crippen molar-refractivity contribution in [3.05, 3.63) is 53.8 Å². The lowest BCUT2D eigenvalue weighted by Crippen LogP contribution is -2.42. The van der Waals surface area contributed by atoms with Crippen LogP contribution in [0, 0.1) is 5.82 Å². The molecular formula is C18H20FNO5S. The predicted molar refractivity (Wildman–Crippen MR) is 93.4 cm³/mol. The number of sulfonamides is 1. The van der Waals surface area contributed by atoms with Gasteiger partial charge in [0.05, 0.1) is 26.9 Å². The second-order valence-electron chi connectivity index (χ2n) is 5.76. The first-order valence-electron chi connectivity index (χ1n) is 8.05. The van der Waals surface area contributed by atoms with E-state index in [1.165, 1.54) is 30.7 Å². The summed E-state index contributed by atoms with van der Waals surface area (Å²) >= 11 is 0. The number of hydrogen-bond donors (Lipinski definition) is 0. The average molecular weight is 381 g/mol. The smallest absolute Gasteiger partial charge is 0.247 e. The highest BCUT2D eigenvalue weighted by Gasteiger charge is 2.34. The number of benzene rings is 2. The van der Waals surface area contributed by atoms with Crippen molar-refractivity contribution in [2.24, 2.45) is 0 Å². The van der Waals surface area contributed by atoms with Crippen LogP contribution in [0.3, 0.4) is 0 Å². The predicted octanol–water partition coefficient (Wildman–Crippen LogP) is 2.61. The van der Waals surface area contributed by atoms with Crippen molar-refractivity contribution < 1.29 is 27.0 Å². The maximum absolute atomic E-state index is 14.1. The van der Waals surface area contributed by atoms with Crippen LogP contribution in [-0.2, 0) is 14.8 Å². The highest BCUT2D eigenvalue weighted by Crippen LogP contribution is 2.33. The Morgan fingerprint density at radius 3 is 2.62 bits per heavy atom. The minimum atomic E-state index is -3.87. The van der Waals surface area contributed by atoms with Crippen LogP contribution in [-0.4, -0.2) is 46.6 Å². The number of rotatable bonds is 5. The van der Waals surface area contributed by atoms with Crippen LogP contribution in [0.5, 0.6) is 11.5 Å². The van der Waals surface area contributed by atoms with Gasteiger partial charge in [-0.3, -0.25) is 0 Å². The summed E-state index contributed by atoms with van der Waals surface area (Å²) in [5.74, 6) is 0.207. The van der Waals surface area contributed by atoms with Gasteiger partial charge in [0.2, 0.25) is 10.0 Å². The Hall–Kier alpha value is -2.16. The molecule has 0 amide bonds. The van der Waals surface area contributed by atoms with Gasteiger partial charge in [-0.15, -0.1) is 0 Å². The molecule has 0 saturated carbocycles. The van der Waals surface area contributed by atoms with Crippen molar-refractivity contribution in [1.82, 2.24) is 4.31 Å². The van der Waals surface area contributed by atoms with E-state index in [4.69, 9.17) is 14.2 Å². The Morgan fingerprint density at radius 2 is 1.92 bits per heavy atom. The lowest BCUT2D eigenvalue weighted by atomic mass is 10.1. The fraction of sp³-hybridized carbons (Fsp3) is 0.333. The minimum Gasteiger partial charge on any atom is -0.497 e. The first-order valence-corrected chi connectivity index (χ1v) is 9.49. The Morgan fingerprint density at radius 1 is 1.15 bits per heavy atom. The molecular weight excluding hydrogens is 361 g/mol. The fourth-order valence-electron chi connectivity index (χ4n) is 2.89. The van der Waals surface area contributed by atoms with Gasteiger partial charge in [-0.25, -0.2) is 12.8 Å². The van der Waals surface area contributed by atoms with E-state index in [9.17, 15) is 12.8 Å². The van der Waals surface area contributed by atoms with Crippen molar-refractivity contribution in [3.8, 4) is 11.5 Å². The van der Waals surface area contributed by atoms with Crippen molar-refractivity contribution in [1.29, 1.82) is 0 Å². The zero-order chi connectivity index (χ0) is 18.7. The molecule has 3 rings (SSSR count). The maximum atomic E-state index is 14.1. The monoisotopic (exact) mass is 381 g/mol. The van der Waals surface area contributed by atoms with Gasteiger partial charge in [-0.2, -0.15) is 4.31 Å².